The highest BCUT2D eigenvalue weighted by Gasteiger charge is 2.44. The first-order valence-electron chi connectivity index (χ1n) is 9.97. The number of rotatable bonds is 7. The zero-order valence-corrected chi connectivity index (χ0v) is 18.6. The van der Waals surface area contributed by atoms with E-state index in [0.717, 1.165) is 22.9 Å². The molecule has 2 amide bonds. The Morgan fingerprint density at radius 1 is 1.16 bits per heavy atom. The van der Waals surface area contributed by atoms with E-state index in [1.807, 2.05) is 49.4 Å². The van der Waals surface area contributed by atoms with Gasteiger partial charge in [-0.25, -0.2) is 0 Å². The summed E-state index contributed by atoms with van der Waals surface area (Å²) in [6.07, 6.45) is 0. The quantitative estimate of drug-likeness (QED) is 0.497. The first-order chi connectivity index (χ1) is 15.4. The summed E-state index contributed by atoms with van der Waals surface area (Å²) in [7, 11) is 1.21. The van der Waals surface area contributed by atoms with Crippen molar-refractivity contribution in [1.82, 2.24) is 10.6 Å². The molecule has 0 aliphatic carbocycles. The Kier molecular flexibility index (Phi) is 7.68. The summed E-state index contributed by atoms with van der Waals surface area (Å²) in [6.45, 7) is 2.30. The maximum absolute atomic E-state index is 12.8. The van der Waals surface area contributed by atoms with Crippen LogP contribution in [0.2, 0.25) is 0 Å². The largest absolute Gasteiger partial charge is 0.468 e. The molecule has 2 atom stereocenters. The molecular formula is C24H23N3O4S. The fraction of sp³-hybridized carbons (Fsp3) is 0.250. The number of aryl methyl sites for hydroxylation is 1. The molecule has 0 saturated heterocycles. The van der Waals surface area contributed by atoms with Crippen molar-refractivity contribution >= 4 is 29.5 Å². The molecule has 7 nitrogen and oxygen atoms in total. The zero-order chi connectivity index (χ0) is 23.1. The molecule has 0 radical (unpaired) electrons. The second-order valence-corrected chi connectivity index (χ2v) is 8.27. The molecule has 0 unspecified atom stereocenters. The van der Waals surface area contributed by atoms with E-state index in [1.54, 1.807) is 12.1 Å². The molecule has 2 aromatic rings. The summed E-state index contributed by atoms with van der Waals surface area (Å²) < 4.78 is 4.83. The van der Waals surface area contributed by atoms with Gasteiger partial charge < -0.3 is 15.4 Å². The van der Waals surface area contributed by atoms with Crippen molar-refractivity contribution < 1.29 is 19.1 Å². The van der Waals surface area contributed by atoms with Gasteiger partial charge in [-0.3, -0.25) is 14.4 Å². The third-order valence-corrected chi connectivity index (χ3v) is 6.12. The summed E-state index contributed by atoms with van der Waals surface area (Å²) >= 11 is 1.06. The predicted molar refractivity (Wildman–Crippen MR) is 121 cm³/mol. The Bertz CT molecular complexity index is 1070. The lowest BCUT2D eigenvalue weighted by Gasteiger charge is -2.31. The summed E-state index contributed by atoms with van der Waals surface area (Å²) in [5, 5.41) is 15.6. The van der Waals surface area contributed by atoms with Gasteiger partial charge in [-0.2, -0.15) is 5.26 Å². The molecule has 0 spiro atoms. The predicted octanol–water partition coefficient (Wildman–Crippen LogP) is 2.78. The van der Waals surface area contributed by atoms with Crippen molar-refractivity contribution in [2.75, 3.05) is 12.9 Å². The summed E-state index contributed by atoms with van der Waals surface area (Å²) in [5.74, 6) is -3.49. The second-order valence-electron chi connectivity index (χ2n) is 7.28. The Morgan fingerprint density at radius 3 is 2.47 bits per heavy atom. The number of nitriles is 1. The van der Waals surface area contributed by atoms with E-state index in [9.17, 15) is 19.6 Å². The lowest BCUT2D eigenvalue weighted by Crippen LogP contribution is -2.44. The minimum Gasteiger partial charge on any atom is -0.468 e. The number of esters is 1. The van der Waals surface area contributed by atoms with Gasteiger partial charge in [0.25, 0.3) is 0 Å². The smallest absolute Gasteiger partial charge is 0.319 e. The van der Waals surface area contributed by atoms with Crippen molar-refractivity contribution in [2.24, 2.45) is 5.92 Å². The van der Waals surface area contributed by atoms with Crippen molar-refractivity contribution in [3.8, 4) is 6.07 Å². The lowest BCUT2D eigenvalue weighted by molar-refractivity contribution is -0.150. The molecule has 3 rings (SSSR count). The van der Waals surface area contributed by atoms with E-state index in [4.69, 9.17) is 4.74 Å². The molecule has 0 aromatic heterocycles. The Hall–Kier alpha value is -3.57. The van der Waals surface area contributed by atoms with Gasteiger partial charge in [0.2, 0.25) is 11.8 Å². The minimum atomic E-state index is -1.19. The van der Waals surface area contributed by atoms with E-state index < -0.39 is 23.7 Å². The summed E-state index contributed by atoms with van der Waals surface area (Å²) in [4.78, 5) is 37.5. The molecule has 2 N–H and O–H groups in total. The fourth-order valence-corrected chi connectivity index (χ4v) is 4.32. The van der Waals surface area contributed by atoms with Gasteiger partial charge in [0.05, 0.1) is 29.5 Å². The SMILES string of the molecule is COC(=O)[C@@H]1C(=O)NC(SCC(=O)NCc2ccccc2)=C(C#N)[C@H]1c1ccc(C)cc1. The van der Waals surface area contributed by atoms with Gasteiger partial charge in [0, 0.05) is 12.5 Å². The third kappa shape index (κ3) is 5.37. The van der Waals surface area contributed by atoms with Crippen LogP contribution in [0.3, 0.4) is 0 Å². The van der Waals surface area contributed by atoms with Gasteiger partial charge >= 0.3 is 5.97 Å². The van der Waals surface area contributed by atoms with Gasteiger partial charge in [-0.05, 0) is 18.1 Å². The van der Waals surface area contributed by atoms with E-state index in [2.05, 4.69) is 16.7 Å². The lowest BCUT2D eigenvalue weighted by atomic mass is 9.78. The van der Waals surface area contributed by atoms with Crippen LogP contribution in [-0.4, -0.2) is 30.6 Å². The van der Waals surface area contributed by atoms with E-state index in [0.29, 0.717) is 12.1 Å². The van der Waals surface area contributed by atoms with E-state index >= 15 is 0 Å². The number of nitrogens with one attached hydrogen (secondary N) is 2. The highest BCUT2D eigenvalue weighted by molar-refractivity contribution is 8.03. The van der Waals surface area contributed by atoms with Gasteiger partial charge in [-0.15, -0.1) is 0 Å². The van der Waals surface area contributed by atoms with Crippen LogP contribution in [0.1, 0.15) is 22.6 Å². The number of hydrogen-bond acceptors (Lipinski definition) is 6. The first kappa shape index (κ1) is 23.1. The number of ether oxygens (including phenoxy) is 1. The normalized spacial score (nSPS) is 17.8. The van der Waals surface area contributed by atoms with Crippen LogP contribution in [0.25, 0.3) is 0 Å². The van der Waals surface area contributed by atoms with Crippen LogP contribution < -0.4 is 10.6 Å². The van der Waals surface area contributed by atoms with Crippen molar-refractivity contribution in [3.05, 3.63) is 81.9 Å². The average Bonchev–Trinajstić information content (AvgIpc) is 2.81. The number of carbonyl (C=O) groups excluding carboxylic acids is 3. The van der Waals surface area contributed by atoms with Crippen LogP contribution in [-0.2, 0) is 25.7 Å². The van der Waals surface area contributed by atoms with E-state index in [1.165, 1.54) is 7.11 Å². The van der Waals surface area contributed by atoms with Crippen molar-refractivity contribution in [1.29, 1.82) is 5.26 Å². The minimum absolute atomic E-state index is 0.0110. The monoisotopic (exact) mass is 449 g/mol. The highest BCUT2D eigenvalue weighted by atomic mass is 32.2. The molecule has 164 valence electrons. The topological polar surface area (TPSA) is 108 Å². The maximum atomic E-state index is 12.8. The summed E-state index contributed by atoms with van der Waals surface area (Å²) in [5.41, 5.74) is 2.86. The molecule has 1 aliphatic rings. The molecule has 1 aliphatic heterocycles. The average molecular weight is 450 g/mol. The highest BCUT2D eigenvalue weighted by Crippen LogP contribution is 2.40. The molecule has 0 saturated carbocycles. The van der Waals surface area contributed by atoms with Crippen LogP contribution in [0.4, 0.5) is 0 Å². The van der Waals surface area contributed by atoms with Gasteiger partial charge in [0.1, 0.15) is 5.92 Å². The van der Waals surface area contributed by atoms with Crippen LogP contribution in [0.15, 0.2) is 65.2 Å². The zero-order valence-electron chi connectivity index (χ0n) is 17.8. The van der Waals surface area contributed by atoms with Crippen molar-refractivity contribution in [2.45, 2.75) is 19.4 Å². The number of nitrogens with zero attached hydrogens (tertiary/aromatic N) is 1. The third-order valence-electron chi connectivity index (χ3n) is 5.10. The number of thioether (sulfide) groups is 1. The molecule has 0 fully saturated rings. The number of hydrogen-bond donors (Lipinski definition) is 2. The number of carbonyl (C=O) groups is 3. The molecule has 0 bridgehead atoms. The Labute approximate surface area is 190 Å². The number of benzene rings is 2. The van der Waals surface area contributed by atoms with Crippen molar-refractivity contribution in [3.63, 3.8) is 0 Å². The molecule has 8 heteroatoms. The molecule has 2 aromatic carbocycles. The Balaban J connectivity index is 1.82. The van der Waals surface area contributed by atoms with Gasteiger partial charge in [0.15, 0.2) is 0 Å². The maximum Gasteiger partial charge on any atom is 0.319 e. The summed E-state index contributed by atoms with van der Waals surface area (Å²) in [6, 6.07) is 18.9. The van der Waals surface area contributed by atoms with Crippen LogP contribution in [0.5, 0.6) is 0 Å². The fourth-order valence-electron chi connectivity index (χ4n) is 3.44. The first-order valence-corrected chi connectivity index (χ1v) is 11.0. The Morgan fingerprint density at radius 2 is 1.84 bits per heavy atom. The second kappa shape index (κ2) is 10.6. The van der Waals surface area contributed by atoms with E-state index in [-0.39, 0.29) is 22.3 Å². The van der Waals surface area contributed by atoms with Crippen LogP contribution in [0, 0.1) is 24.2 Å². The number of methoxy groups -OCH3 is 1. The molecule has 32 heavy (non-hydrogen) atoms. The number of allylic oxidation sites excluding steroid dienone is 1. The number of amides is 2. The van der Waals surface area contributed by atoms with Gasteiger partial charge in [-0.1, -0.05) is 71.9 Å². The van der Waals surface area contributed by atoms with Crippen LogP contribution >= 0.6 is 11.8 Å². The molecule has 1 heterocycles. The molecular weight excluding hydrogens is 426 g/mol. The standard InChI is InChI=1S/C24H23N3O4S/c1-15-8-10-17(11-9-15)20-18(12-25)23(27-22(29)21(20)24(30)31-2)32-14-19(28)26-13-16-6-4-3-5-7-16/h3-11,20-21H,13-14H2,1-2H3,(H,26,28)(H,27,29)/t20-,21+/m1/s1.